The number of para-hydroxylation sites is 1. The quantitative estimate of drug-likeness (QED) is 0.828. The first-order valence-corrected chi connectivity index (χ1v) is 7.31. The molecule has 0 saturated carbocycles. The third-order valence-electron chi connectivity index (χ3n) is 3.58. The molecule has 2 aromatic carbocycles. The van der Waals surface area contributed by atoms with Gasteiger partial charge in [0.15, 0.2) is 0 Å². The fraction of sp³-hybridized carbons (Fsp3) is 0.333. The van der Waals surface area contributed by atoms with Gasteiger partial charge in [-0.25, -0.2) is 0 Å². The second-order valence-electron chi connectivity index (χ2n) is 5.11. The summed E-state index contributed by atoms with van der Waals surface area (Å²) >= 11 is 0. The minimum atomic E-state index is 0.216. The molecule has 0 aromatic heterocycles. The van der Waals surface area contributed by atoms with E-state index >= 15 is 0 Å². The predicted molar refractivity (Wildman–Crippen MR) is 83.2 cm³/mol. The Morgan fingerprint density at radius 2 is 1.50 bits per heavy atom. The zero-order chi connectivity index (χ0) is 14.5. The standard InChI is InChI=1S/C18H22O2/c1-3-7-13-11-12-17(20)18(14(13)8-4-2)15-9-5-6-10-16(15)19/h5-6,9-12,19-20H,3-4,7-8H2,1-2H3. The Morgan fingerprint density at radius 3 is 2.15 bits per heavy atom. The van der Waals surface area contributed by atoms with Crippen LogP contribution >= 0.6 is 0 Å². The second-order valence-corrected chi connectivity index (χ2v) is 5.11. The molecule has 0 heterocycles. The van der Waals surface area contributed by atoms with E-state index in [1.807, 2.05) is 18.2 Å². The van der Waals surface area contributed by atoms with Crippen LogP contribution in [0.15, 0.2) is 36.4 Å². The van der Waals surface area contributed by atoms with Gasteiger partial charge in [-0.15, -0.1) is 0 Å². The molecule has 2 aromatic rings. The number of aromatic hydroxyl groups is 2. The Morgan fingerprint density at radius 1 is 0.800 bits per heavy atom. The van der Waals surface area contributed by atoms with Gasteiger partial charge < -0.3 is 10.2 Å². The first kappa shape index (κ1) is 14.4. The molecule has 0 aliphatic heterocycles. The summed E-state index contributed by atoms with van der Waals surface area (Å²) in [6.45, 7) is 4.29. The maximum absolute atomic E-state index is 10.3. The van der Waals surface area contributed by atoms with E-state index < -0.39 is 0 Å². The fourth-order valence-corrected chi connectivity index (χ4v) is 2.70. The van der Waals surface area contributed by atoms with Crippen LogP contribution in [-0.2, 0) is 12.8 Å². The molecule has 0 radical (unpaired) electrons. The third-order valence-corrected chi connectivity index (χ3v) is 3.58. The molecule has 0 atom stereocenters. The molecule has 2 nitrogen and oxygen atoms in total. The van der Waals surface area contributed by atoms with Crippen LogP contribution in [0, 0.1) is 0 Å². The van der Waals surface area contributed by atoms with Gasteiger partial charge >= 0.3 is 0 Å². The zero-order valence-corrected chi connectivity index (χ0v) is 12.2. The molecule has 20 heavy (non-hydrogen) atoms. The van der Waals surface area contributed by atoms with E-state index in [-0.39, 0.29) is 11.5 Å². The second kappa shape index (κ2) is 6.47. The van der Waals surface area contributed by atoms with Gasteiger partial charge in [0.25, 0.3) is 0 Å². The van der Waals surface area contributed by atoms with Crippen LogP contribution < -0.4 is 0 Å². The topological polar surface area (TPSA) is 40.5 Å². The van der Waals surface area contributed by atoms with Crippen LogP contribution in [-0.4, -0.2) is 10.2 Å². The highest BCUT2D eigenvalue weighted by Gasteiger charge is 2.16. The molecule has 0 spiro atoms. The van der Waals surface area contributed by atoms with E-state index in [0.717, 1.165) is 36.8 Å². The lowest BCUT2D eigenvalue weighted by molar-refractivity contribution is 0.468. The van der Waals surface area contributed by atoms with Crippen LogP contribution in [0.4, 0.5) is 0 Å². The molecule has 0 unspecified atom stereocenters. The molecule has 106 valence electrons. The summed E-state index contributed by atoms with van der Waals surface area (Å²) in [5.74, 6) is 0.462. The molecule has 2 N–H and O–H groups in total. The lowest BCUT2D eigenvalue weighted by Gasteiger charge is -2.17. The van der Waals surface area contributed by atoms with Crippen molar-refractivity contribution >= 4 is 0 Å². The largest absolute Gasteiger partial charge is 0.507 e. The van der Waals surface area contributed by atoms with Gasteiger partial charge in [0, 0.05) is 11.1 Å². The number of phenolic OH excluding ortho intramolecular Hbond substituents is 2. The van der Waals surface area contributed by atoms with Gasteiger partial charge in [-0.3, -0.25) is 0 Å². The van der Waals surface area contributed by atoms with E-state index in [9.17, 15) is 10.2 Å². The highest BCUT2D eigenvalue weighted by Crippen LogP contribution is 2.40. The van der Waals surface area contributed by atoms with Crippen molar-refractivity contribution in [2.45, 2.75) is 39.5 Å². The molecule has 0 aliphatic rings. The third kappa shape index (κ3) is 2.79. The number of aryl methyl sites for hydroxylation is 1. The van der Waals surface area contributed by atoms with E-state index in [2.05, 4.69) is 13.8 Å². The van der Waals surface area contributed by atoms with Crippen molar-refractivity contribution in [2.75, 3.05) is 0 Å². The molecular formula is C18H22O2. The van der Waals surface area contributed by atoms with Crippen LogP contribution in [0.5, 0.6) is 11.5 Å². The minimum Gasteiger partial charge on any atom is -0.507 e. The van der Waals surface area contributed by atoms with E-state index in [1.54, 1.807) is 18.2 Å². The fourth-order valence-electron chi connectivity index (χ4n) is 2.70. The minimum absolute atomic E-state index is 0.216. The van der Waals surface area contributed by atoms with Crippen LogP contribution in [0.1, 0.15) is 37.8 Å². The van der Waals surface area contributed by atoms with Gasteiger partial charge in [0.2, 0.25) is 0 Å². The van der Waals surface area contributed by atoms with Gasteiger partial charge in [-0.05, 0) is 36.1 Å². The van der Waals surface area contributed by atoms with Crippen molar-refractivity contribution in [3.63, 3.8) is 0 Å². The van der Waals surface area contributed by atoms with E-state index in [0.29, 0.717) is 5.56 Å². The Hall–Kier alpha value is -1.96. The Kier molecular flexibility index (Phi) is 4.67. The van der Waals surface area contributed by atoms with E-state index in [4.69, 9.17) is 0 Å². The van der Waals surface area contributed by atoms with Crippen molar-refractivity contribution in [3.8, 4) is 22.6 Å². The summed E-state index contributed by atoms with van der Waals surface area (Å²) in [6.07, 6.45) is 3.99. The lowest BCUT2D eigenvalue weighted by Crippen LogP contribution is -1.98. The molecule has 2 heteroatoms. The molecular weight excluding hydrogens is 248 g/mol. The summed E-state index contributed by atoms with van der Waals surface area (Å²) in [4.78, 5) is 0. The van der Waals surface area contributed by atoms with Crippen molar-refractivity contribution in [1.29, 1.82) is 0 Å². The first-order chi connectivity index (χ1) is 9.69. The molecule has 0 saturated heterocycles. The SMILES string of the molecule is CCCc1ccc(O)c(-c2ccccc2O)c1CCC. The Balaban J connectivity index is 2.66. The van der Waals surface area contributed by atoms with Gasteiger partial charge in [0.1, 0.15) is 11.5 Å². The zero-order valence-electron chi connectivity index (χ0n) is 12.2. The average Bonchev–Trinajstić information content (AvgIpc) is 2.44. The highest BCUT2D eigenvalue weighted by molar-refractivity contribution is 5.79. The highest BCUT2D eigenvalue weighted by atomic mass is 16.3. The maximum Gasteiger partial charge on any atom is 0.123 e. The number of phenols is 2. The van der Waals surface area contributed by atoms with Crippen molar-refractivity contribution in [3.05, 3.63) is 47.5 Å². The summed E-state index contributed by atoms with van der Waals surface area (Å²) in [5, 5.41) is 20.4. The van der Waals surface area contributed by atoms with Gasteiger partial charge in [0.05, 0.1) is 0 Å². The number of hydrogen-bond acceptors (Lipinski definition) is 2. The van der Waals surface area contributed by atoms with Gasteiger partial charge in [-0.2, -0.15) is 0 Å². The van der Waals surface area contributed by atoms with Crippen molar-refractivity contribution in [1.82, 2.24) is 0 Å². The smallest absolute Gasteiger partial charge is 0.123 e. The predicted octanol–water partition coefficient (Wildman–Crippen LogP) is 4.67. The van der Waals surface area contributed by atoms with Crippen LogP contribution in [0.25, 0.3) is 11.1 Å². The summed E-state index contributed by atoms with van der Waals surface area (Å²) < 4.78 is 0. The average molecular weight is 270 g/mol. The summed E-state index contributed by atoms with van der Waals surface area (Å²) in [5.41, 5.74) is 3.93. The Bertz CT molecular complexity index is 588. The monoisotopic (exact) mass is 270 g/mol. The molecule has 0 amide bonds. The lowest BCUT2D eigenvalue weighted by atomic mass is 9.89. The number of benzene rings is 2. The van der Waals surface area contributed by atoms with Crippen LogP contribution in [0.2, 0.25) is 0 Å². The normalized spacial score (nSPS) is 10.7. The Labute approximate surface area is 120 Å². The molecule has 0 bridgehead atoms. The molecule has 2 rings (SSSR count). The maximum atomic E-state index is 10.3. The van der Waals surface area contributed by atoms with Crippen molar-refractivity contribution < 1.29 is 10.2 Å². The van der Waals surface area contributed by atoms with Crippen molar-refractivity contribution in [2.24, 2.45) is 0 Å². The number of rotatable bonds is 5. The molecule has 0 aliphatic carbocycles. The number of hydrogen-bond donors (Lipinski definition) is 2. The first-order valence-electron chi connectivity index (χ1n) is 7.31. The molecule has 0 fully saturated rings. The summed E-state index contributed by atoms with van der Waals surface area (Å²) in [6, 6.07) is 11.0. The summed E-state index contributed by atoms with van der Waals surface area (Å²) in [7, 11) is 0. The van der Waals surface area contributed by atoms with E-state index in [1.165, 1.54) is 5.56 Å². The van der Waals surface area contributed by atoms with Gasteiger partial charge in [-0.1, -0.05) is 51.0 Å². The van der Waals surface area contributed by atoms with Crippen LogP contribution in [0.3, 0.4) is 0 Å².